The van der Waals surface area contributed by atoms with Gasteiger partial charge in [0.15, 0.2) is 0 Å². The SMILES string of the molecule is Cc1cc(-c2cc(Nc3cnn(C)c3)ncn2)ccc1CNC(=O)c1cnc(C(C)(C)C)s1. The number of aromatic nitrogens is 5. The van der Waals surface area contributed by atoms with Crippen LogP contribution < -0.4 is 10.6 Å². The molecule has 0 saturated carbocycles. The van der Waals surface area contributed by atoms with Gasteiger partial charge in [0.2, 0.25) is 0 Å². The second kappa shape index (κ2) is 9.11. The van der Waals surface area contributed by atoms with Gasteiger partial charge in [0, 0.05) is 36.8 Å². The summed E-state index contributed by atoms with van der Waals surface area (Å²) in [6.45, 7) is 8.76. The maximum atomic E-state index is 12.6. The Hall–Kier alpha value is -3.59. The third kappa shape index (κ3) is 5.43. The Morgan fingerprint density at radius 2 is 1.94 bits per heavy atom. The molecule has 0 atom stereocenters. The number of hydrogen-bond donors (Lipinski definition) is 2. The lowest BCUT2D eigenvalue weighted by Crippen LogP contribution is -2.22. The van der Waals surface area contributed by atoms with Crippen LogP contribution in [-0.2, 0) is 19.0 Å². The number of aryl methyl sites for hydroxylation is 2. The predicted molar refractivity (Wildman–Crippen MR) is 131 cm³/mol. The van der Waals surface area contributed by atoms with Crippen LogP contribution in [0.4, 0.5) is 11.5 Å². The van der Waals surface area contributed by atoms with Crippen molar-refractivity contribution in [2.45, 2.75) is 39.7 Å². The molecule has 33 heavy (non-hydrogen) atoms. The highest BCUT2D eigenvalue weighted by molar-refractivity contribution is 7.13. The quantitative estimate of drug-likeness (QED) is 0.435. The summed E-state index contributed by atoms with van der Waals surface area (Å²) in [6, 6.07) is 8.01. The average Bonchev–Trinajstić information content (AvgIpc) is 3.42. The fourth-order valence-electron chi connectivity index (χ4n) is 3.26. The number of anilines is 2. The monoisotopic (exact) mass is 461 g/mol. The fraction of sp³-hybridized carbons (Fsp3) is 0.292. The lowest BCUT2D eigenvalue weighted by molar-refractivity contribution is 0.0954. The summed E-state index contributed by atoms with van der Waals surface area (Å²) in [5.41, 5.74) is 4.72. The molecule has 0 bridgehead atoms. The molecule has 8 nitrogen and oxygen atoms in total. The Labute approximate surface area is 197 Å². The van der Waals surface area contributed by atoms with E-state index in [4.69, 9.17) is 0 Å². The normalized spacial score (nSPS) is 11.4. The Morgan fingerprint density at radius 3 is 2.61 bits per heavy atom. The molecular formula is C24H27N7OS. The molecule has 2 N–H and O–H groups in total. The predicted octanol–water partition coefficient (Wildman–Crippen LogP) is 4.61. The van der Waals surface area contributed by atoms with Crippen LogP contribution >= 0.6 is 11.3 Å². The summed E-state index contributed by atoms with van der Waals surface area (Å²) in [4.78, 5) is 26.3. The molecule has 4 aromatic rings. The highest BCUT2D eigenvalue weighted by Gasteiger charge is 2.20. The third-order valence-corrected chi connectivity index (χ3v) is 6.52. The zero-order chi connectivity index (χ0) is 23.6. The van der Waals surface area contributed by atoms with E-state index in [1.165, 1.54) is 11.3 Å². The van der Waals surface area contributed by atoms with E-state index in [-0.39, 0.29) is 11.3 Å². The van der Waals surface area contributed by atoms with E-state index in [9.17, 15) is 4.79 Å². The van der Waals surface area contributed by atoms with Crippen LogP contribution in [0.2, 0.25) is 0 Å². The van der Waals surface area contributed by atoms with Gasteiger partial charge >= 0.3 is 0 Å². The molecule has 0 radical (unpaired) electrons. The summed E-state index contributed by atoms with van der Waals surface area (Å²) in [5, 5.41) is 11.3. The minimum absolute atomic E-state index is 0.0655. The van der Waals surface area contributed by atoms with Crippen molar-refractivity contribution in [1.82, 2.24) is 30.0 Å². The lowest BCUT2D eigenvalue weighted by atomic mass is 9.98. The second-order valence-electron chi connectivity index (χ2n) is 8.92. The minimum atomic E-state index is -0.103. The van der Waals surface area contributed by atoms with Gasteiger partial charge < -0.3 is 10.6 Å². The van der Waals surface area contributed by atoms with Crippen LogP contribution in [0.3, 0.4) is 0 Å². The van der Waals surface area contributed by atoms with Crippen LogP contribution in [-0.4, -0.2) is 30.6 Å². The molecule has 0 saturated heterocycles. The van der Waals surface area contributed by atoms with Gasteiger partial charge in [-0.3, -0.25) is 9.48 Å². The molecule has 0 unspecified atom stereocenters. The molecule has 0 aliphatic rings. The van der Waals surface area contributed by atoms with Crippen molar-refractivity contribution >= 4 is 28.7 Å². The van der Waals surface area contributed by atoms with Crippen LogP contribution in [0.5, 0.6) is 0 Å². The first-order valence-corrected chi connectivity index (χ1v) is 11.4. The van der Waals surface area contributed by atoms with Crippen molar-refractivity contribution in [3.63, 3.8) is 0 Å². The maximum Gasteiger partial charge on any atom is 0.263 e. The number of benzene rings is 1. The number of rotatable bonds is 6. The molecule has 1 amide bonds. The summed E-state index contributed by atoms with van der Waals surface area (Å²) in [7, 11) is 1.86. The molecule has 0 spiro atoms. The Morgan fingerprint density at radius 1 is 1.12 bits per heavy atom. The van der Waals surface area contributed by atoms with Gasteiger partial charge in [0.25, 0.3) is 5.91 Å². The lowest BCUT2D eigenvalue weighted by Gasteiger charge is -2.13. The summed E-state index contributed by atoms with van der Waals surface area (Å²) < 4.78 is 1.73. The van der Waals surface area contributed by atoms with Gasteiger partial charge in [-0.25, -0.2) is 15.0 Å². The largest absolute Gasteiger partial charge is 0.347 e. The van der Waals surface area contributed by atoms with Crippen LogP contribution in [0.15, 0.2) is 49.2 Å². The number of nitrogens with one attached hydrogen (secondary N) is 2. The molecule has 170 valence electrons. The second-order valence-corrected chi connectivity index (χ2v) is 9.95. The molecule has 9 heteroatoms. The van der Waals surface area contributed by atoms with Crippen molar-refractivity contribution in [3.05, 3.63) is 70.2 Å². The zero-order valence-corrected chi connectivity index (χ0v) is 20.2. The Balaban J connectivity index is 1.43. The van der Waals surface area contributed by atoms with E-state index >= 15 is 0 Å². The molecule has 3 heterocycles. The molecule has 0 aliphatic carbocycles. The van der Waals surface area contributed by atoms with Crippen LogP contribution in [0.25, 0.3) is 11.3 Å². The molecule has 0 aliphatic heterocycles. The zero-order valence-electron chi connectivity index (χ0n) is 19.4. The van der Waals surface area contributed by atoms with E-state index in [1.807, 2.05) is 38.4 Å². The van der Waals surface area contributed by atoms with Gasteiger partial charge in [-0.15, -0.1) is 11.3 Å². The highest BCUT2D eigenvalue weighted by atomic mass is 32.1. The topological polar surface area (TPSA) is 97.6 Å². The van der Waals surface area contributed by atoms with Gasteiger partial charge in [0.05, 0.1) is 28.8 Å². The van der Waals surface area contributed by atoms with Gasteiger partial charge in [-0.05, 0) is 24.1 Å². The Bertz CT molecular complexity index is 1290. The van der Waals surface area contributed by atoms with E-state index in [0.717, 1.165) is 33.1 Å². The van der Waals surface area contributed by atoms with Gasteiger partial charge in [0.1, 0.15) is 17.0 Å². The van der Waals surface area contributed by atoms with E-state index in [2.05, 4.69) is 57.5 Å². The molecule has 4 rings (SSSR count). The number of nitrogens with zero attached hydrogens (tertiary/aromatic N) is 5. The van der Waals surface area contributed by atoms with E-state index in [0.29, 0.717) is 17.2 Å². The van der Waals surface area contributed by atoms with Gasteiger partial charge in [-0.2, -0.15) is 5.10 Å². The number of carbonyl (C=O) groups excluding carboxylic acids is 1. The van der Waals surface area contributed by atoms with E-state index < -0.39 is 0 Å². The number of amides is 1. The summed E-state index contributed by atoms with van der Waals surface area (Å²) >= 11 is 1.44. The standard InChI is InChI=1S/C24H27N7OS/c1-15-8-16(19-9-21(28-14-27-19)30-18-11-29-31(5)13-18)6-7-17(15)10-25-22(32)20-12-26-23(33-20)24(2,3)4/h6-9,11-14H,10H2,1-5H3,(H,25,32)(H,27,28,30). The highest BCUT2D eigenvalue weighted by Crippen LogP contribution is 2.27. The first kappa shape index (κ1) is 22.6. The average molecular weight is 462 g/mol. The molecule has 3 aromatic heterocycles. The first-order chi connectivity index (χ1) is 15.7. The number of thiazole rings is 1. The van der Waals surface area contributed by atoms with Crippen molar-refractivity contribution in [3.8, 4) is 11.3 Å². The number of hydrogen-bond acceptors (Lipinski definition) is 7. The van der Waals surface area contributed by atoms with Crippen molar-refractivity contribution in [2.75, 3.05) is 5.32 Å². The van der Waals surface area contributed by atoms with E-state index in [1.54, 1.807) is 23.4 Å². The minimum Gasteiger partial charge on any atom is -0.347 e. The van der Waals surface area contributed by atoms with Crippen LogP contribution in [0, 0.1) is 6.92 Å². The van der Waals surface area contributed by atoms with Crippen LogP contribution in [0.1, 0.15) is 46.6 Å². The molecule has 0 fully saturated rings. The number of carbonyl (C=O) groups is 1. The smallest absolute Gasteiger partial charge is 0.263 e. The summed E-state index contributed by atoms with van der Waals surface area (Å²) in [6.07, 6.45) is 6.82. The summed E-state index contributed by atoms with van der Waals surface area (Å²) in [5.74, 6) is 0.592. The van der Waals surface area contributed by atoms with Gasteiger partial charge in [-0.1, -0.05) is 32.9 Å². The van der Waals surface area contributed by atoms with Crippen molar-refractivity contribution in [2.24, 2.45) is 7.05 Å². The van der Waals surface area contributed by atoms with Crippen molar-refractivity contribution < 1.29 is 4.79 Å². The maximum absolute atomic E-state index is 12.6. The molecular weight excluding hydrogens is 434 g/mol. The fourth-order valence-corrected chi connectivity index (χ4v) is 4.15. The first-order valence-electron chi connectivity index (χ1n) is 10.6. The Kier molecular flexibility index (Phi) is 6.24. The van der Waals surface area contributed by atoms with Crippen molar-refractivity contribution in [1.29, 1.82) is 0 Å². The third-order valence-electron chi connectivity index (χ3n) is 5.09. The molecule has 1 aromatic carbocycles.